The Morgan fingerprint density at radius 3 is 1.65 bits per heavy atom. The molecule has 55 heavy (non-hydrogen) atoms. The van der Waals surface area contributed by atoms with Crippen molar-refractivity contribution in [2.75, 3.05) is 0 Å². The number of nitrogens with zero attached hydrogens (tertiary/aromatic N) is 2. The van der Waals surface area contributed by atoms with Crippen LogP contribution >= 0.6 is 0 Å². The Morgan fingerprint density at radius 2 is 0.909 bits per heavy atom. The zero-order chi connectivity index (χ0) is 36.0. The van der Waals surface area contributed by atoms with Crippen molar-refractivity contribution in [1.29, 1.82) is 0 Å². The Balaban J connectivity index is 1.12. The average Bonchev–Trinajstić information content (AvgIpc) is 3.91. The third kappa shape index (κ3) is 4.44. The number of para-hydroxylation sites is 4. The van der Waals surface area contributed by atoms with Gasteiger partial charge in [0.25, 0.3) is 0 Å². The first-order valence-corrected chi connectivity index (χ1v) is 18.8. The molecule has 0 amide bonds. The van der Waals surface area contributed by atoms with E-state index in [0.717, 1.165) is 50.0 Å². The van der Waals surface area contributed by atoms with Gasteiger partial charge in [0, 0.05) is 38.2 Å². The number of fused-ring (bicyclic) bond motifs is 10. The van der Waals surface area contributed by atoms with Crippen LogP contribution in [0.4, 0.5) is 0 Å². The molecule has 3 aromatic heterocycles. The molecule has 3 nitrogen and oxygen atoms in total. The lowest BCUT2D eigenvalue weighted by atomic mass is 9.98. The average molecular weight is 701 g/mol. The lowest BCUT2D eigenvalue weighted by Crippen LogP contribution is -1.96. The fraction of sp³-hybridized carbons (Fsp3) is 0. The summed E-state index contributed by atoms with van der Waals surface area (Å²) in [5.74, 6) is 0. The van der Waals surface area contributed by atoms with E-state index in [1.807, 2.05) is 0 Å². The highest BCUT2D eigenvalue weighted by atomic mass is 16.3. The SMILES string of the molecule is c1ccc(-n2c3ccccc3c3ccc(-c4ccc5c6ccccc6n(-c6ccc(-c7ccc8ccccc8c7)c7oc8ccccc8c67)c5c4)cc32)cc1. The summed E-state index contributed by atoms with van der Waals surface area (Å²) in [6.45, 7) is 0. The van der Waals surface area contributed by atoms with Crippen LogP contribution in [0.2, 0.25) is 0 Å². The number of hydrogen-bond acceptors (Lipinski definition) is 1. The molecule has 0 fully saturated rings. The summed E-state index contributed by atoms with van der Waals surface area (Å²) in [7, 11) is 0. The van der Waals surface area contributed by atoms with E-state index < -0.39 is 0 Å². The van der Waals surface area contributed by atoms with Crippen LogP contribution < -0.4 is 0 Å². The van der Waals surface area contributed by atoms with Crippen LogP contribution in [0.15, 0.2) is 199 Å². The minimum Gasteiger partial charge on any atom is -0.455 e. The Morgan fingerprint density at radius 1 is 0.345 bits per heavy atom. The van der Waals surface area contributed by atoms with Gasteiger partial charge in [-0.05, 0) is 88.1 Å². The van der Waals surface area contributed by atoms with Crippen LogP contribution in [-0.4, -0.2) is 9.13 Å². The second-order valence-corrected chi connectivity index (χ2v) is 14.5. The van der Waals surface area contributed by atoms with Gasteiger partial charge in [-0.15, -0.1) is 0 Å². The first-order valence-electron chi connectivity index (χ1n) is 18.8. The van der Waals surface area contributed by atoms with Gasteiger partial charge in [-0.2, -0.15) is 0 Å². The van der Waals surface area contributed by atoms with Crippen molar-refractivity contribution in [3.63, 3.8) is 0 Å². The summed E-state index contributed by atoms with van der Waals surface area (Å²) in [5, 5.41) is 9.61. The van der Waals surface area contributed by atoms with Crippen molar-refractivity contribution in [3.8, 4) is 33.6 Å². The highest BCUT2D eigenvalue weighted by Gasteiger charge is 2.21. The molecule has 0 bridgehead atoms. The summed E-state index contributed by atoms with van der Waals surface area (Å²) < 4.78 is 11.6. The summed E-state index contributed by atoms with van der Waals surface area (Å²) in [5.41, 5.74) is 13.4. The molecule has 0 saturated carbocycles. The Hall–Kier alpha value is -7.36. The smallest absolute Gasteiger partial charge is 0.145 e. The van der Waals surface area contributed by atoms with Crippen LogP contribution in [0.3, 0.4) is 0 Å². The van der Waals surface area contributed by atoms with Gasteiger partial charge in [-0.3, -0.25) is 0 Å². The molecule has 12 rings (SSSR count). The number of hydrogen-bond donors (Lipinski definition) is 0. The summed E-state index contributed by atoms with van der Waals surface area (Å²) in [6.07, 6.45) is 0. The maximum Gasteiger partial charge on any atom is 0.145 e. The van der Waals surface area contributed by atoms with Crippen molar-refractivity contribution in [2.45, 2.75) is 0 Å². The topological polar surface area (TPSA) is 23.0 Å². The fourth-order valence-corrected chi connectivity index (χ4v) is 9.00. The van der Waals surface area contributed by atoms with E-state index in [2.05, 4.69) is 203 Å². The van der Waals surface area contributed by atoms with Gasteiger partial charge in [0.1, 0.15) is 11.2 Å². The summed E-state index contributed by atoms with van der Waals surface area (Å²) in [4.78, 5) is 0. The summed E-state index contributed by atoms with van der Waals surface area (Å²) >= 11 is 0. The molecule has 0 saturated heterocycles. The predicted octanol–water partition coefficient (Wildman–Crippen LogP) is 14.3. The summed E-state index contributed by atoms with van der Waals surface area (Å²) in [6, 6.07) is 70.2. The van der Waals surface area contributed by atoms with E-state index in [4.69, 9.17) is 4.42 Å². The zero-order valence-electron chi connectivity index (χ0n) is 29.8. The largest absolute Gasteiger partial charge is 0.455 e. The second-order valence-electron chi connectivity index (χ2n) is 14.5. The highest BCUT2D eigenvalue weighted by molar-refractivity contribution is 6.17. The lowest BCUT2D eigenvalue weighted by Gasteiger charge is -2.13. The van der Waals surface area contributed by atoms with Crippen LogP contribution in [-0.2, 0) is 0 Å². The Labute approximate surface area is 316 Å². The van der Waals surface area contributed by atoms with Crippen LogP contribution in [0, 0.1) is 0 Å². The molecule has 0 N–H and O–H groups in total. The van der Waals surface area contributed by atoms with E-state index >= 15 is 0 Å². The normalized spacial score (nSPS) is 12.0. The maximum atomic E-state index is 6.80. The van der Waals surface area contributed by atoms with Gasteiger partial charge < -0.3 is 13.6 Å². The predicted molar refractivity (Wildman–Crippen MR) is 231 cm³/mol. The minimum atomic E-state index is 0.885. The van der Waals surface area contributed by atoms with E-state index in [9.17, 15) is 0 Å². The Bertz CT molecular complexity index is 3490. The molecular formula is C52H32N2O. The van der Waals surface area contributed by atoms with E-state index in [0.29, 0.717) is 0 Å². The van der Waals surface area contributed by atoms with Gasteiger partial charge in [0.15, 0.2) is 0 Å². The van der Waals surface area contributed by atoms with Crippen molar-refractivity contribution in [2.24, 2.45) is 0 Å². The third-order valence-electron chi connectivity index (χ3n) is 11.5. The molecule has 0 unspecified atom stereocenters. The number of furan rings is 1. The molecule has 0 atom stereocenters. The van der Waals surface area contributed by atoms with Crippen LogP contribution in [0.1, 0.15) is 0 Å². The van der Waals surface area contributed by atoms with Crippen molar-refractivity contribution >= 4 is 76.3 Å². The van der Waals surface area contributed by atoms with Gasteiger partial charge >= 0.3 is 0 Å². The molecule has 256 valence electrons. The fourth-order valence-electron chi connectivity index (χ4n) is 9.00. The van der Waals surface area contributed by atoms with Gasteiger partial charge in [0.2, 0.25) is 0 Å². The first kappa shape index (κ1) is 30.1. The van der Waals surface area contributed by atoms with E-state index in [-0.39, 0.29) is 0 Å². The van der Waals surface area contributed by atoms with Crippen molar-refractivity contribution < 1.29 is 4.42 Å². The molecule has 0 spiro atoms. The maximum absolute atomic E-state index is 6.80. The molecular weight excluding hydrogens is 669 g/mol. The molecule has 0 aliphatic carbocycles. The van der Waals surface area contributed by atoms with Gasteiger partial charge in [-0.1, -0.05) is 133 Å². The molecule has 9 aromatic carbocycles. The van der Waals surface area contributed by atoms with E-state index in [1.165, 1.54) is 60.0 Å². The van der Waals surface area contributed by atoms with E-state index in [1.54, 1.807) is 0 Å². The standard InChI is InChI=1S/C52H32N2O/c1-2-14-38(15-3-1)53-45-19-9-6-16-40(45)42-26-24-35(31-48(42)53)36-25-27-43-41-17-7-10-20-46(41)54(49(43)32-36)47-29-28-39(37-23-22-33-12-4-5-13-34(33)30-37)52-51(47)44-18-8-11-21-50(44)55-52/h1-32H. The van der Waals surface area contributed by atoms with Gasteiger partial charge in [-0.25, -0.2) is 0 Å². The number of aromatic nitrogens is 2. The quantitative estimate of drug-likeness (QED) is 0.179. The van der Waals surface area contributed by atoms with Crippen LogP contribution in [0.5, 0.6) is 0 Å². The van der Waals surface area contributed by atoms with Crippen molar-refractivity contribution in [3.05, 3.63) is 194 Å². The number of rotatable bonds is 4. The monoisotopic (exact) mass is 700 g/mol. The molecule has 0 aliphatic rings. The second kappa shape index (κ2) is 11.6. The molecule has 12 aromatic rings. The molecule has 3 heterocycles. The molecule has 0 aliphatic heterocycles. The highest BCUT2D eigenvalue weighted by Crippen LogP contribution is 2.44. The zero-order valence-corrected chi connectivity index (χ0v) is 29.8. The minimum absolute atomic E-state index is 0.885. The number of benzene rings is 9. The lowest BCUT2D eigenvalue weighted by molar-refractivity contribution is 0.670. The Kier molecular flexibility index (Phi) is 6.34. The van der Waals surface area contributed by atoms with Crippen molar-refractivity contribution in [1.82, 2.24) is 9.13 Å². The first-order chi connectivity index (χ1) is 27.3. The molecule has 0 radical (unpaired) electrons. The van der Waals surface area contributed by atoms with Gasteiger partial charge in [0.05, 0.1) is 33.1 Å². The third-order valence-corrected chi connectivity index (χ3v) is 11.5. The van der Waals surface area contributed by atoms with Crippen LogP contribution in [0.25, 0.3) is 110 Å². The molecule has 3 heteroatoms.